The van der Waals surface area contributed by atoms with Crippen LogP contribution in [0.5, 0.6) is 0 Å². The summed E-state index contributed by atoms with van der Waals surface area (Å²) in [6, 6.07) is 3.88. The Morgan fingerprint density at radius 2 is 1.90 bits per heavy atom. The third-order valence-corrected chi connectivity index (χ3v) is 4.94. The van der Waals surface area contributed by atoms with E-state index in [4.69, 9.17) is 17.3 Å². The van der Waals surface area contributed by atoms with Gasteiger partial charge in [0.1, 0.15) is 0 Å². The van der Waals surface area contributed by atoms with Crippen LogP contribution in [-0.4, -0.2) is 5.91 Å². The van der Waals surface area contributed by atoms with E-state index in [0.29, 0.717) is 17.4 Å². The molecule has 0 radical (unpaired) electrons. The van der Waals surface area contributed by atoms with Gasteiger partial charge in [-0.1, -0.05) is 43.4 Å². The van der Waals surface area contributed by atoms with Crippen LogP contribution in [0.3, 0.4) is 0 Å². The highest BCUT2D eigenvalue weighted by Gasteiger charge is 2.26. The van der Waals surface area contributed by atoms with Crippen molar-refractivity contribution in [2.24, 2.45) is 11.7 Å². The fraction of sp³-hybridized carbons (Fsp3) is 0.562. The first-order valence-corrected chi connectivity index (χ1v) is 7.90. The molecule has 1 heterocycles. The third-order valence-electron chi connectivity index (χ3n) is 4.61. The summed E-state index contributed by atoms with van der Waals surface area (Å²) in [5, 5.41) is 3.51. The Morgan fingerprint density at radius 3 is 2.60 bits per heavy atom. The Kier molecular flexibility index (Phi) is 3.99. The maximum atomic E-state index is 11.5. The Hall–Kier alpha value is -1.06. The molecule has 1 aromatic carbocycles. The van der Waals surface area contributed by atoms with Gasteiger partial charge in [0.05, 0.1) is 6.42 Å². The molecule has 1 aliphatic carbocycles. The van der Waals surface area contributed by atoms with Gasteiger partial charge in [-0.3, -0.25) is 4.79 Å². The molecule has 2 aliphatic rings. The van der Waals surface area contributed by atoms with Crippen molar-refractivity contribution in [1.29, 1.82) is 0 Å². The van der Waals surface area contributed by atoms with E-state index in [2.05, 4.69) is 5.32 Å². The minimum absolute atomic E-state index is 0.0124. The lowest BCUT2D eigenvalue weighted by molar-refractivity contribution is -0.115. The Labute approximate surface area is 124 Å². The van der Waals surface area contributed by atoms with Crippen molar-refractivity contribution < 1.29 is 4.79 Å². The van der Waals surface area contributed by atoms with E-state index in [0.717, 1.165) is 16.8 Å². The van der Waals surface area contributed by atoms with E-state index in [1.165, 1.54) is 38.5 Å². The van der Waals surface area contributed by atoms with Crippen molar-refractivity contribution in [1.82, 2.24) is 0 Å². The van der Waals surface area contributed by atoms with Crippen LogP contribution in [0.1, 0.15) is 55.7 Å². The van der Waals surface area contributed by atoms with Gasteiger partial charge >= 0.3 is 0 Å². The largest absolute Gasteiger partial charge is 0.325 e. The van der Waals surface area contributed by atoms with E-state index in [1.54, 1.807) is 0 Å². The van der Waals surface area contributed by atoms with Gasteiger partial charge in [0.15, 0.2) is 0 Å². The van der Waals surface area contributed by atoms with Crippen molar-refractivity contribution >= 4 is 23.2 Å². The van der Waals surface area contributed by atoms with Gasteiger partial charge in [-0.05, 0) is 36.0 Å². The summed E-state index contributed by atoms with van der Waals surface area (Å²) < 4.78 is 0. The number of hydrogen-bond donors (Lipinski definition) is 2. The van der Waals surface area contributed by atoms with Gasteiger partial charge in [-0.15, -0.1) is 0 Å². The van der Waals surface area contributed by atoms with Gasteiger partial charge in [0.25, 0.3) is 0 Å². The topological polar surface area (TPSA) is 55.1 Å². The van der Waals surface area contributed by atoms with Crippen LogP contribution in [0.15, 0.2) is 12.1 Å². The fourth-order valence-electron chi connectivity index (χ4n) is 3.45. The summed E-state index contributed by atoms with van der Waals surface area (Å²) in [7, 11) is 0. The number of halogens is 1. The molecule has 1 amide bonds. The quantitative estimate of drug-likeness (QED) is 0.815. The Bertz CT molecular complexity index is 521. The molecule has 1 atom stereocenters. The number of hydrogen-bond acceptors (Lipinski definition) is 2. The van der Waals surface area contributed by atoms with Crippen molar-refractivity contribution in [3.63, 3.8) is 0 Å². The van der Waals surface area contributed by atoms with Crippen LogP contribution in [0.25, 0.3) is 0 Å². The lowest BCUT2D eigenvalue weighted by Gasteiger charge is -2.24. The first-order chi connectivity index (χ1) is 9.65. The zero-order valence-corrected chi connectivity index (χ0v) is 12.4. The van der Waals surface area contributed by atoms with Gasteiger partial charge in [0.2, 0.25) is 5.91 Å². The first-order valence-electron chi connectivity index (χ1n) is 7.53. The minimum atomic E-state index is -0.0124. The van der Waals surface area contributed by atoms with Gasteiger partial charge in [-0.25, -0.2) is 0 Å². The molecule has 1 fully saturated rings. The normalized spacial score (nSPS) is 21.2. The van der Waals surface area contributed by atoms with E-state index in [-0.39, 0.29) is 11.9 Å². The number of nitrogens with two attached hydrogens (primary N) is 1. The van der Waals surface area contributed by atoms with Crippen LogP contribution in [-0.2, 0) is 11.2 Å². The minimum Gasteiger partial charge on any atom is -0.325 e. The molecule has 4 heteroatoms. The molecule has 0 saturated heterocycles. The smallest absolute Gasteiger partial charge is 0.228 e. The molecule has 1 aliphatic heterocycles. The second-order valence-corrected chi connectivity index (χ2v) is 6.44. The highest BCUT2D eigenvalue weighted by molar-refractivity contribution is 6.32. The molecular formula is C16H21ClN2O. The van der Waals surface area contributed by atoms with Crippen molar-refractivity contribution in [3.8, 4) is 0 Å². The van der Waals surface area contributed by atoms with Crippen LogP contribution in [0.2, 0.25) is 5.02 Å². The number of benzene rings is 1. The van der Waals surface area contributed by atoms with Crippen LogP contribution < -0.4 is 11.1 Å². The van der Waals surface area contributed by atoms with Gasteiger partial charge < -0.3 is 11.1 Å². The van der Waals surface area contributed by atoms with Crippen molar-refractivity contribution in [2.75, 3.05) is 5.32 Å². The molecule has 3 N–H and O–H groups in total. The lowest BCUT2D eigenvalue weighted by Crippen LogP contribution is -2.21. The summed E-state index contributed by atoms with van der Waals surface area (Å²) in [5.41, 5.74) is 9.36. The average molecular weight is 293 g/mol. The summed E-state index contributed by atoms with van der Waals surface area (Å²) >= 11 is 6.38. The van der Waals surface area contributed by atoms with Crippen molar-refractivity contribution in [2.45, 2.75) is 51.0 Å². The zero-order valence-electron chi connectivity index (χ0n) is 11.6. The molecule has 3 nitrogen and oxygen atoms in total. The average Bonchev–Trinajstić information content (AvgIpc) is 2.64. The third kappa shape index (κ3) is 2.70. The molecule has 3 rings (SSSR count). The first kappa shape index (κ1) is 13.9. The standard InChI is InChI=1S/C16H21ClN2O/c17-13-9-14-11(8-15(20)19-14)7-12(13)16(18)10-5-3-1-2-4-6-10/h7,9-10,16H,1-6,8,18H2,(H,19,20). The predicted octanol–water partition coefficient (Wildman–Crippen LogP) is 3.80. The number of fused-ring (bicyclic) bond motifs is 1. The van der Waals surface area contributed by atoms with Crippen molar-refractivity contribution in [3.05, 3.63) is 28.3 Å². The number of carbonyl (C=O) groups excluding carboxylic acids is 1. The summed E-state index contributed by atoms with van der Waals surface area (Å²) in [6.07, 6.45) is 7.98. The highest BCUT2D eigenvalue weighted by Crippen LogP contribution is 2.38. The second-order valence-electron chi connectivity index (χ2n) is 6.03. The number of carbonyl (C=O) groups is 1. The molecule has 1 unspecified atom stereocenters. The molecule has 108 valence electrons. The number of amides is 1. The number of rotatable bonds is 2. The summed E-state index contributed by atoms with van der Waals surface area (Å²) in [6.45, 7) is 0. The maximum absolute atomic E-state index is 11.5. The van der Waals surface area contributed by atoms with E-state index >= 15 is 0 Å². The summed E-state index contributed by atoms with van der Waals surface area (Å²) in [4.78, 5) is 11.5. The molecular weight excluding hydrogens is 272 g/mol. The SMILES string of the molecule is NC(c1cc2c(cc1Cl)NC(=O)C2)C1CCCCCC1. The molecule has 0 spiro atoms. The van der Waals surface area contributed by atoms with E-state index in [9.17, 15) is 4.79 Å². The van der Waals surface area contributed by atoms with Crippen LogP contribution in [0, 0.1) is 5.92 Å². The van der Waals surface area contributed by atoms with E-state index < -0.39 is 0 Å². The second kappa shape index (κ2) is 5.74. The van der Waals surface area contributed by atoms with Crippen LogP contribution >= 0.6 is 11.6 Å². The monoisotopic (exact) mass is 292 g/mol. The molecule has 1 saturated carbocycles. The van der Waals surface area contributed by atoms with Gasteiger partial charge in [0, 0.05) is 16.8 Å². The lowest BCUT2D eigenvalue weighted by atomic mass is 9.87. The zero-order chi connectivity index (χ0) is 14.1. The molecule has 0 bridgehead atoms. The molecule has 1 aromatic rings. The van der Waals surface area contributed by atoms with Gasteiger partial charge in [-0.2, -0.15) is 0 Å². The Balaban J connectivity index is 1.86. The molecule has 20 heavy (non-hydrogen) atoms. The molecule has 0 aromatic heterocycles. The predicted molar refractivity (Wildman–Crippen MR) is 81.9 cm³/mol. The summed E-state index contributed by atoms with van der Waals surface area (Å²) in [5.74, 6) is 0.550. The van der Waals surface area contributed by atoms with Crippen LogP contribution in [0.4, 0.5) is 5.69 Å². The maximum Gasteiger partial charge on any atom is 0.228 e. The Morgan fingerprint density at radius 1 is 1.20 bits per heavy atom. The number of nitrogens with one attached hydrogen (secondary N) is 1. The highest BCUT2D eigenvalue weighted by atomic mass is 35.5. The van der Waals surface area contributed by atoms with E-state index in [1.807, 2.05) is 12.1 Å². The fourth-order valence-corrected chi connectivity index (χ4v) is 3.74. The number of anilines is 1.